The molecule has 1 fully saturated rings. The number of esters is 1. The molecule has 0 unspecified atom stereocenters. The molecule has 1 saturated heterocycles. The van der Waals surface area contributed by atoms with Gasteiger partial charge < -0.3 is 9.47 Å². The lowest BCUT2D eigenvalue weighted by Crippen LogP contribution is -2.38. The van der Waals surface area contributed by atoms with Gasteiger partial charge in [0.25, 0.3) is 0 Å². The predicted molar refractivity (Wildman–Crippen MR) is 82.8 cm³/mol. The number of ether oxygens (including phenoxy) is 2. The van der Waals surface area contributed by atoms with Crippen LogP contribution in [-0.2, 0) is 9.47 Å². The van der Waals surface area contributed by atoms with Crippen LogP contribution in [0.2, 0.25) is 0 Å². The van der Waals surface area contributed by atoms with Crippen molar-refractivity contribution in [2.75, 3.05) is 39.5 Å². The van der Waals surface area contributed by atoms with E-state index in [1.165, 1.54) is 5.56 Å². The van der Waals surface area contributed by atoms with Gasteiger partial charge in [-0.15, -0.1) is 0 Å². The predicted octanol–water partition coefficient (Wildman–Crippen LogP) is 2.61. The fourth-order valence-electron chi connectivity index (χ4n) is 2.63. The van der Waals surface area contributed by atoms with Crippen LogP contribution in [0.5, 0.6) is 0 Å². The third-order valence-electron chi connectivity index (χ3n) is 3.87. The zero-order valence-corrected chi connectivity index (χ0v) is 13.2. The number of nitrogens with zero attached hydrogens (tertiary/aromatic N) is 1. The van der Waals surface area contributed by atoms with Crippen molar-refractivity contribution in [3.63, 3.8) is 0 Å². The van der Waals surface area contributed by atoms with Gasteiger partial charge >= 0.3 is 5.97 Å². The zero-order valence-electron chi connectivity index (χ0n) is 13.2. The van der Waals surface area contributed by atoms with Crippen molar-refractivity contribution in [2.24, 2.45) is 0 Å². The van der Waals surface area contributed by atoms with Crippen LogP contribution in [0.3, 0.4) is 0 Å². The van der Waals surface area contributed by atoms with Crippen LogP contribution in [0.1, 0.15) is 41.3 Å². The lowest BCUT2D eigenvalue weighted by molar-refractivity contribution is 0.0195. The van der Waals surface area contributed by atoms with Crippen LogP contribution in [0.25, 0.3) is 0 Å². The molecule has 1 aliphatic rings. The standard InChI is InChI=1S/C17H25NO3/c1-13(2)16-5-4-15(12-14(16)3)17(19)21-11-8-18-6-9-20-10-7-18/h4-5,12-13H,6-11H2,1-3H3. The smallest absolute Gasteiger partial charge is 0.338 e. The van der Waals surface area contributed by atoms with E-state index in [0.29, 0.717) is 18.1 Å². The van der Waals surface area contributed by atoms with Crippen LogP contribution >= 0.6 is 0 Å². The first-order valence-electron chi connectivity index (χ1n) is 7.65. The molecule has 2 rings (SSSR count). The largest absolute Gasteiger partial charge is 0.461 e. The van der Waals surface area contributed by atoms with Crippen LogP contribution in [0.4, 0.5) is 0 Å². The average molecular weight is 291 g/mol. The minimum Gasteiger partial charge on any atom is -0.461 e. The summed E-state index contributed by atoms with van der Waals surface area (Å²) < 4.78 is 10.7. The molecule has 0 saturated carbocycles. The Kier molecular flexibility index (Phi) is 5.76. The number of morpholine rings is 1. The summed E-state index contributed by atoms with van der Waals surface area (Å²) >= 11 is 0. The van der Waals surface area contributed by atoms with Crippen molar-refractivity contribution in [1.82, 2.24) is 4.90 Å². The van der Waals surface area contributed by atoms with Crippen LogP contribution in [0, 0.1) is 6.92 Å². The molecule has 4 nitrogen and oxygen atoms in total. The maximum absolute atomic E-state index is 12.1. The molecule has 0 radical (unpaired) electrons. The fraction of sp³-hybridized carbons (Fsp3) is 0.588. The number of benzene rings is 1. The van der Waals surface area contributed by atoms with E-state index >= 15 is 0 Å². The highest BCUT2D eigenvalue weighted by Gasteiger charge is 2.13. The van der Waals surface area contributed by atoms with Gasteiger partial charge in [-0.1, -0.05) is 19.9 Å². The molecule has 0 atom stereocenters. The molecule has 21 heavy (non-hydrogen) atoms. The molecule has 1 aliphatic heterocycles. The Morgan fingerprint density at radius 1 is 1.33 bits per heavy atom. The van der Waals surface area contributed by atoms with Crippen LogP contribution in [-0.4, -0.2) is 50.3 Å². The first-order valence-corrected chi connectivity index (χ1v) is 7.65. The number of hydrogen-bond donors (Lipinski definition) is 0. The van der Waals surface area contributed by atoms with E-state index in [1.54, 1.807) is 0 Å². The summed E-state index contributed by atoms with van der Waals surface area (Å²) in [6, 6.07) is 5.81. The Morgan fingerprint density at radius 3 is 2.67 bits per heavy atom. The lowest BCUT2D eigenvalue weighted by Gasteiger charge is -2.26. The van der Waals surface area contributed by atoms with E-state index in [2.05, 4.69) is 18.7 Å². The summed E-state index contributed by atoms with van der Waals surface area (Å²) in [7, 11) is 0. The Labute approximate surface area is 127 Å². The van der Waals surface area contributed by atoms with Crippen molar-refractivity contribution in [1.29, 1.82) is 0 Å². The monoisotopic (exact) mass is 291 g/mol. The van der Waals surface area contributed by atoms with Crippen molar-refractivity contribution in [2.45, 2.75) is 26.7 Å². The molecule has 0 amide bonds. The molecule has 4 heteroatoms. The van der Waals surface area contributed by atoms with Gasteiger partial charge in [-0.25, -0.2) is 4.79 Å². The second-order valence-electron chi connectivity index (χ2n) is 5.82. The molecule has 0 spiro atoms. The Hall–Kier alpha value is -1.39. The third kappa shape index (κ3) is 4.55. The van der Waals surface area contributed by atoms with Gasteiger partial charge in [-0.3, -0.25) is 4.90 Å². The van der Waals surface area contributed by atoms with E-state index in [-0.39, 0.29) is 5.97 Å². The maximum Gasteiger partial charge on any atom is 0.338 e. The summed E-state index contributed by atoms with van der Waals surface area (Å²) in [6.45, 7) is 10.9. The van der Waals surface area contributed by atoms with Crippen molar-refractivity contribution in [3.8, 4) is 0 Å². The molecule has 0 bridgehead atoms. The Bertz CT molecular complexity index is 479. The number of rotatable bonds is 5. The van der Waals surface area contributed by atoms with Crippen molar-refractivity contribution >= 4 is 5.97 Å². The van der Waals surface area contributed by atoms with Gasteiger partial charge in [0.1, 0.15) is 6.61 Å². The quantitative estimate of drug-likeness (QED) is 0.782. The van der Waals surface area contributed by atoms with Crippen LogP contribution in [0.15, 0.2) is 18.2 Å². The minimum atomic E-state index is -0.235. The van der Waals surface area contributed by atoms with E-state index in [1.807, 2.05) is 25.1 Å². The summed E-state index contributed by atoms with van der Waals surface area (Å²) in [5.74, 6) is 0.234. The van der Waals surface area contributed by atoms with Gasteiger partial charge in [0.05, 0.1) is 18.8 Å². The highest BCUT2D eigenvalue weighted by molar-refractivity contribution is 5.89. The molecule has 0 aliphatic carbocycles. The minimum absolute atomic E-state index is 0.235. The van der Waals surface area contributed by atoms with Gasteiger partial charge in [0.2, 0.25) is 0 Å². The zero-order chi connectivity index (χ0) is 15.2. The van der Waals surface area contributed by atoms with E-state index in [4.69, 9.17) is 9.47 Å². The van der Waals surface area contributed by atoms with E-state index in [0.717, 1.165) is 38.4 Å². The van der Waals surface area contributed by atoms with Gasteiger partial charge in [-0.2, -0.15) is 0 Å². The summed E-state index contributed by atoms with van der Waals surface area (Å²) in [5, 5.41) is 0. The summed E-state index contributed by atoms with van der Waals surface area (Å²) in [6.07, 6.45) is 0. The van der Waals surface area contributed by atoms with Gasteiger partial charge in [0.15, 0.2) is 0 Å². The number of aryl methyl sites for hydroxylation is 1. The molecule has 1 aromatic rings. The van der Waals surface area contributed by atoms with Crippen LogP contribution < -0.4 is 0 Å². The number of carbonyl (C=O) groups excluding carboxylic acids is 1. The second kappa shape index (κ2) is 7.57. The van der Waals surface area contributed by atoms with Gasteiger partial charge in [0, 0.05) is 19.6 Å². The summed E-state index contributed by atoms with van der Waals surface area (Å²) in [5.41, 5.74) is 3.06. The topological polar surface area (TPSA) is 38.8 Å². The summed E-state index contributed by atoms with van der Waals surface area (Å²) in [4.78, 5) is 14.3. The highest BCUT2D eigenvalue weighted by atomic mass is 16.5. The molecule has 0 N–H and O–H groups in total. The van der Waals surface area contributed by atoms with Crippen molar-refractivity contribution < 1.29 is 14.3 Å². The average Bonchev–Trinajstić information content (AvgIpc) is 2.47. The number of hydrogen-bond acceptors (Lipinski definition) is 4. The number of carbonyl (C=O) groups is 1. The Balaban J connectivity index is 1.84. The molecule has 1 heterocycles. The second-order valence-corrected chi connectivity index (χ2v) is 5.82. The molecule has 1 aromatic carbocycles. The highest BCUT2D eigenvalue weighted by Crippen LogP contribution is 2.20. The first-order chi connectivity index (χ1) is 10.1. The molecule has 0 aromatic heterocycles. The van der Waals surface area contributed by atoms with Crippen molar-refractivity contribution in [3.05, 3.63) is 34.9 Å². The molecular formula is C17H25NO3. The molecule has 116 valence electrons. The first kappa shape index (κ1) is 16.0. The third-order valence-corrected chi connectivity index (χ3v) is 3.87. The maximum atomic E-state index is 12.1. The SMILES string of the molecule is Cc1cc(C(=O)OCCN2CCOCC2)ccc1C(C)C. The lowest BCUT2D eigenvalue weighted by atomic mass is 9.96. The van der Waals surface area contributed by atoms with Gasteiger partial charge in [-0.05, 0) is 36.1 Å². The van der Waals surface area contributed by atoms with E-state index in [9.17, 15) is 4.79 Å². The molecular weight excluding hydrogens is 266 g/mol. The normalized spacial score (nSPS) is 16.2. The Morgan fingerprint density at radius 2 is 2.05 bits per heavy atom. The van der Waals surface area contributed by atoms with E-state index < -0.39 is 0 Å². The fourth-order valence-corrected chi connectivity index (χ4v) is 2.63.